The molecule has 2 aliphatic heterocycles. The molecule has 1 aromatic heterocycles. The van der Waals surface area contributed by atoms with E-state index in [2.05, 4.69) is 16.9 Å². The van der Waals surface area contributed by atoms with Crippen molar-refractivity contribution in [3.05, 3.63) is 12.4 Å². The molecule has 6 nitrogen and oxygen atoms in total. The smallest absolute Gasteiger partial charge is 0.244 e. The molecule has 2 atom stereocenters. The predicted molar refractivity (Wildman–Crippen MR) is 84.6 cm³/mol. The van der Waals surface area contributed by atoms with Gasteiger partial charge in [-0.15, -0.1) is 0 Å². The summed E-state index contributed by atoms with van der Waals surface area (Å²) in [6, 6.07) is -0.0554. The molecule has 2 fully saturated rings. The minimum Gasteiger partial charge on any atom is -0.396 e. The number of aromatic nitrogens is 2. The van der Waals surface area contributed by atoms with Crippen LogP contribution in [0.15, 0.2) is 12.4 Å². The second-order valence-corrected chi connectivity index (χ2v) is 7.06. The zero-order chi connectivity index (χ0) is 15.7. The van der Waals surface area contributed by atoms with Crippen LogP contribution in [-0.2, 0) is 11.8 Å². The Labute approximate surface area is 131 Å². The largest absolute Gasteiger partial charge is 0.396 e. The van der Waals surface area contributed by atoms with E-state index in [-0.39, 0.29) is 24.0 Å². The maximum atomic E-state index is 12.9. The number of anilines is 1. The third kappa shape index (κ3) is 2.90. The number of aryl methyl sites for hydroxylation is 1. The molecule has 6 heteroatoms. The van der Waals surface area contributed by atoms with Crippen molar-refractivity contribution in [3.63, 3.8) is 0 Å². The summed E-state index contributed by atoms with van der Waals surface area (Å²) in [7, 11) is 1.87. The quantitative estimate of drug-likeness (QED) is 0.905. The van der Waals surface area contributed by atoms with Gasteiger partial charge in [-0.1, -0.05) is 6.92 Å². The molecule has 0 aromatic carbocycles. The van der Waals surface area contributed by atoms with Crippen molar-refractivity contribution in [2.45, 2.75) is 38.6 Å². The molecule has 0 radical (unpaired) electrons. The molecule has 0 saturated carbocycles. The lowest BCUT2D eigenvalue weighted by atomic mass is 9.81. The summed E-state index contributed by atoms with van der Waals surface area (Å²) in [5.74, 6) is 0.182. The first-order valence-electron chi connectivity index (χ1n) is 8.17. The zero-order valence-electron chi connectivity index (χ0n) is 13.5. The maximum Gasteiger partial charge on any atom is 0.244 e. The van der Waals surface area contributed by atoms with Crippen molar-refractivity contribution < 1.29 is 9.90 Å². The number of aliphatic hydroxyl groups excluding tert-OH is 1. The van der Waals surface area contributed by atoms with E-state index in [1.165, 1.54) is 0 Å². The highest BCUT2D eigenvalue weighted by molar-refractivity contribution is 5.97. The third-order valence-corrected chi connectivity index (χ3v) is 5.05. The Morgan fingerprint density at radius 1 is 1.41 bits per heavy atom. The number of nitrogens with zero attached hydrogens (tertiary/aromatic N) is 4. The van der Waals surface area contributed by atoms with Crippen LogP contribution < -0.4 is 4.90 Å². The Morgan fingerprint density at radius 3 is 2.91 bits per heavy atom. The number of hydrogen-bond donors (Lipinski definition) is 1. The van der Waals surface area contributed by atoms with Crippen LogP contribution in [0.3, 0.4) is 0 Å². The zero-order valence-corrected chi connectivity index (χ0v) is 13.5. The van der Waals surface area contributed by atoms with E-state index in [0.29, 0.717) is 0 Å². The van der Waals surface area contributed by atoms with Crippen molar-refractivity contribution in [2.24, 2.45) is 12.5 Å². The van der Waals surface area contributed by atoms with Crippen molar-refractivity contribution in [3.8, 4) is 0 Å². The summed E-state index contributed by atoms with van der Waals surface area (Å²) in [6.45, 7) is 4.84. The van der Waals surface area contributed by atoms with Crippen molar-refractivity contribution in [1.29, 1.82) is 0 Å². The molecule has 1 aromatic rings. The molecule has 1 amide bonds. The molecule has 3 rings (SSSR count). The van der Waals surface area contributed by atoms with Crippen LogP contribution in [0.25, 0.3) is 0 Å². The summed E-state index contributed by atoms with van der Waals surface area (Å²) in [6.07, 6.45) is 7.67. The standard InChI is InChI=1S/C16H26N4O2/c1-16(12-21)6-4-7-19(11-16)14-5-3-8-20(15(14)22)13-9-17-18(2)10-13/h9-10,14,21H,3-8,11-12H2,1-2H3. The number of carbonyl (C=O) groups is 1. The molecule has 2 unspecified atom stereocenters. The number of carbonyl (C=O) groups excluding carboxylic acids is 1. The molecule has 122 valence electrons. The number of piperidine rings is 2. The van der Waals surface area contributed by atoms with Gasteiger partial charge in [0.1, 0.15) is 0 Å². The van der Waals surface area contributed by atoms with E-state index >= 15 is 0 Å². The Hall–Kier alpha value is -1.40. The van der Waals surface area contributed by atoms with E-state index in [1.807, 2.05) is 18.1 Å². The van der Waals surface area contributed by atoms with Crippen LogP contribution in [-0.4, -0.2) is 58.0 Å². The first-order chi connectivity index (χ1) is 10.5. The molecule has 0 aliphatic carbocycles. The van der Waals surface area contributed by atoms with Gasteiger partial charge in [-0.05, 0) is 32.2 Å². The lowest BCUT2D eigenvalue weighted by molar-refractivity contribution is -0.127. The van der Waals surface area contributed by atoms with Crippen molar-refractivity contribution in [2.75, 3.05) is 31.1 Å². The van der Waals surface area contributed by atoms with Gasteiger partial charge in [0.05, 0.1) is 17.9 Å². The second-order valence-electron chi connectivity index (χ2n) is 7.06. The summed E-state index contributed by atoms with van der Waals surface area (Å²) >= 11 is 0. The fourth-order valence-corrected chi connectivity index (χ4v) is 3.75. The molecule has 2 saturated heterocycles. The first-order valence-corrected chi connectivity index (χ1v) is 8.17. The number of amides is 1. The highest BCUT2D eigenvalue weighted by Crippen LogP contribution is 2.32. The highest BCUT2D eigenvalue weighted by atomic mass is 16.3. The lowest BCUT2D eigenvalue weighted by Crippen LogP contribution is -2.57. The first kappa shape index (κ1) is 15.5. The number of likely N-dealkylation sites (tertiary alicyclic amines) is 1. The average Bonchev–Trinajstić information content (AvgIpc) is 2.94. The Bertz CT molecular complexity index is 544. The number of rotatable bonds is 3. The van der Waals surface area contributed by atoms with Gasteiger partial charge in [0.2, 0.25) is 5.91 Å². The highest BCUT2D eigenvalue weighted by Gasteiger charge is 2.39. The molecular formula is C16H26N4O2. The minimum absolute atomic E-state index is 0.0554. The second kappa shape index (κ2) is 6.01. The van der Waals surface area contributed by atoms with Gasteiger partial charge in [-0.25, -0.2) is 0 Å². The third-order valence-electron chi connectivity index (χ3n) is 5.05. The van der Waals surface area contributed by atoms with Gasteiger partial charge in [0.25, 0.3) is 0 Å². The fraction of sp³-hybridized carbons (Fsp3) is 0.750. The Morgan fingerprint density at radius 2 is 2.23 bits per heavy atom. The van der Waals surface area contributed by atoms with Crippen LogP contribution >= 0.6 is 0 Å². The van der Waals surface area contributed by atoms with E-state index in [0.717, 1.165) is 51.0 Å². The lowest BCUT2D eigenvalue weighted by Gasteiger charge is -2.45. The van der Waals surface area contributed by atoms with Crippen LogP contribution in [0.1, 0.15) is 32.6 Å². The predicted octanol–water partition coefficient (Wildman–Crippen LogP) is 1.01. The van der Waals surface area contributed by atoms with Gasteiger partial charge >= 0.3 is 0 Å². The average molecular weight is 306 g/mol. The summed E-state index contributed by atoms with van der Waals surface area (Å²) < 4.78 is 1.73. The van der Waals surface area contributed by atoms with E-state index in [1.54, 1.807) is 10.9 Å². The summed E-state index contributed by atoms with van der Waals surface area (Å²) in [5, 5.41) is 13.8. The van der Waals surface area contributed by atoms with E-state index in [4.69, 9.17) is 0 Å². The van der Waals surface area contributed by atoms with Gasteiger partial charge in [-0.3, -0.25) is 14.4 Å². The van der Waals surface area contributed by atoms with Crippen molar-refractivity contribution >= 4 is 11.6 Å². The minimum atomic E-state index is -0.0743. The molecular weight excluding hydrogens is 280 g/mol. The molecule has 3 heterocycles. The van der Waals surface area contributed by atoms with Crippen LogP contribution in [0, 0.1) is 5.41 Å². The van der Waals surface area contributed by atoms with E-state index in [9.17, 15) is 9.90 Å². The van der Waals surface area contributed by atoms with Crippen molar-refractivity contribution in [1.82, 2.24) is 14.7 Å². The van der Waals surface area contributed by atoms with Gasteiger partial charge in [-0.2, -0.15) is 5.10 Å². The van der Waals surface area contributed by atoms with Crippen LogP contribution in [0.2, 0.25) is 0 Å². The molecule has 0 bridgehead atoms. The summed E-state index contributed by atoms with van der Waals surface area (Å²) in [5.41, 5.74) is 0.814. The van der Waals surface area contributed by atoms with Crippen LogP contribution in [0.5, 0.6) is 0 Å². The fourth-order valence-electron chi connectivity index (χ4n) is 3.75. The molecule has 2 aliphatic rings. The normalized spacial score (nSPS) is 30.8. The maximum absolute atomic E-state index is 12.9. The van der Waals surface area contributed by atoms with Gasteiger partial charge < -0.3 is 10.0 Å². The summed E-state index contributed by atoms with van der Waals surface area (Å²) in [4.78, 5) is 17.1. The van der Waals surface area contributed by atoms with Gasteiger partial charge in [0.15, 0.2) is 0 Å². The molecule has 1 N–H and O–H groups in total. The topological polar surface area (TPSA) is 61.6 Å². The Balaban J connectivity index is 1.75. The molecule has 0 spiro atoms. The van der Waals surface area contributed by atoms with Gasteiger partial charge in [0, 0.05) is 38.4 Å². The Kier molecular flexibility index (Phi) is 4.23. The monoisotopic (exact) mass is 306 g/mol. The molecule has 22 heavy (non-hydrogen) atoms. The number of hydrogen-bond acceptors (Lipinski definition) is 4. The van der Waals surface area contributed by atoms with Crippen LogP contribution in [0.4, 0.5) is 5.69 Å². The number of aliphatic hydroxyl groups is 1. The van der Waals surface area contributed by atoms with E-state index < -0.39 is 0 Å². The SMILES string of the molecule is Cn1cc(N2CCCC(N3CCCC(C)(CO)C3)C2=O)cn1.